The van der Waals surface area contributed by atoms with Crippen molar-refractivity contribution in [3.8, 4) is 5.75 Å². The van der Waals surface area contributed by atoms with E-state index in [2.05, 4.69) is 4.98 Å². The van der Waals surface area contributed by atoms with E-state index in [-0.39, 0.29) is 10.9 Å². The van der Waals surface area contributed by atoms with Gasteiger partial charge in [0.15, 0.2) is 5.78 Å². The van der Waals surface area contributed by atoms with Crippen molar-refractivity contribution in [3.05, 3.63) is 57.8 Å². The van der Waals surface area contributed by atoms with Crippen LogP contribution in [0.15, 0.2) is 36.5 Å². The van der Waals surface area contributed by atoms with Gasteiger partial charge in [-0.15, -0.1) is 0 Å². The molecule has 92 valence electrons. The Hall–Kier alpha value is -1.58. The SMILES string of the molecule is COc1ccc(Cl)cc1C(=O)c1ccnc(Cl)c1. The molecule has 1 heterocycles. The van der Waals surface area contributed by atoms with E-state index < -0.39 is 0 Å². The molecule has 1 aromatic heterocycles. The molecule has 0 bridgehead atoms. The number of halogens is 2. The molecule has 5 heteroatoms. The van der Waals surface area contributed by atoms with Gasteiger partial charge in [0, 0.05) is 16.8 Å². The predicted octanol–water partition coefficient (Wildman–Crippen LogP) is 3.63. The maximum atomic E-state index is 12.3. The lowest BCUT2D eigenvalue weighted by atomic mass is 10.0. The average Bonchev–Trinajstić information content (AvgIpc) is 2.38. The predicted molar refractivity (Wildman–Crippen MR) is 70.7 cm³/mol. The van der Waals surface area contributed by atoms with Gasteiger partial charge < -0.3 is 4.74 Å². The van der Waals surface area contributed by atoms with Crippen molar-refractivity contribution in [2.24, 2.45) is 0 Å². The van der Waals surface area contributed by atoms with Gasteiger partial charge >= 0.3 is 0 Å². The van der Waals surface area contributed by atoms with Gasteiger partial charge in [0.25, 0.3) is 0 Å². The highest BCUT2D eigenvalue weighted by atomic mass is 35.5. The third kappa shape index (κ3) is 2.63. The smallest absolute Gasteiger partial charge is 0.196 e. The molecule has 0 radical (unpaired) electrons. The number of nitrogens with zero attached hydrogens (tertiary/aromatic N) is 1. The topological polar surface area (TPSA) is 39.2 Å². The van der Waals surface area contributed by atoms with Crippen molar-refractivity contribution in [2.75, 3.05) is 7.11 Å². The Morgan fingerprint density at radius 2 is 2.00 bits per heavy atom. The minimum Gasteiger partial charge on any atom is -0.496 e. The molecule has 0 aliphatic rings. The van der Waals surface area contributed by atoms with Gasteiger partial charge in [-0.3, -0.25) is 4.79 Å². The third-order valence-corrected chi connectivity index (χ3v) is 2.84. The van der Waals surface area contributed by atoms with E-state index in [1.54, 1.807) is 24.3 Å². The molecule has 0 N–H and O–H groups in total. The summed E-state index contributed by atoms with van der Waals surface area (Å²) in [5, 5.41) is 0.737. The summed E-state index contributed by atoms with van der Waals surface area (Å²) >= 11 is 11.7. The number of hydrogen-bond acceptors (Lipinski definition) is 3. The fraction of sp³-hybridized carbons (Fsp3) is 0.0769. The van der Waals surface area contributed by atoms with Crippen LogP contribution in [-0.2, 0) is 0 Å². The fourth-order valence-corrected chi connectivity index (χ4v) is 1.90. The Labute approximate surface area is 114 Å². The first-order chi connectivity index (χ1) is 8.61. The van der Waals surface area contributed by atoms with Crippen molar-refractivity contribution in [1.29, 1.82) is 0 Å². The molecule has 0 atom stereocenters. The van der Waals surface area contributed by atoms with Gasteiger partial charge in [-0.05, 0) is 30.3 Å². The van der Waals surface area contributed by atoms with Crippen molar-refractivity contribution in [2.45, 2.75) is 0 Å². The van der Waals surface area contributed by atoms with Crippen molar-refractivity contribution >= 4 is 29.0 Å². The molecule has 18 heavy (non-hydrogen) atoms. The normalized spacial score (nSPS) is 10.2. The van der Waals surface area contributed by atoms with Crippen LogP contribution in [0.4, 0.5) is 0 Å². The summed E-state index contributed by atoms with van der Waals surface area (Å²) in [7, 11) is 1.50. The van der Waals surface area contributed by atoms with E-state index in [9.17, 15) is 4.79 Å². The number of pyridine rings is 1. The number of ketones is 1. The largest absolute Gasteiger partial charge is 0.496 e. The zero-order valence-electron chi connectivity index (χ0n) is 9.48. The molecule has 0 aliphatic carbocycles. The quantitative estimate of drug-likeness (QED) is 0.637. The second kappa shape index (κ2) is 5.38. The molecule has 0 fully saturated rings. The molecular formula is C13H9Cl2NO2. The summed E-state index contributed by atoms with van der Waals surface area (Å²) in [6.45, 7) is 0. The number of aromatic nitrogens is 1. The molecule has 0 unspecified atom stereocenters. The Morgan fingerprint density at radius 1 is 1.22 bits per heavy atom. The van der Waals surface area contributed by atoms with Gasteiger partial charge in [-0.1, -0.05) is 23.2 Å². The number of ether oxygens (including phenoxy) is 1. The monoisotopic (exact) mass is 281 g/mol. The maximum Gasteiger partial charge on any atom is 0.196 e. The van der Waals surface area contributed by atoms with Gasteiger partial charge in [0.1, 0.15) is 10.9 Å². The minimum atomic E-state index is -0.210. The van der Waals surface area contributed by atoms with Crippen LogP contribution in [-0.4, -0.2) is 17.9 Å². The lowest BCUT2D eigenvalue weighted by molar-refractivity contribution is 0.103. The highest BCUT2D eigenvalue weighted by molar-refractivity contribution is 6.31. The van der Waals surface area contributed by atoms with E-state index in [4.69, 9.17) is 27.9 Å². The Kier molecular flexibility index (Phi) is 3.84. The van der Waals surface area contributed by atoms with Crippen LogP contribution in [0.25, 0.3) is 0 Å². The summed E-state index contributed by atoms with van der Waals surface area (Å²) in [6.07, 6.45) is 1.48. The van der Waals surface area contributed by atoms with Crippen LogP contribution < -0.4 is 4.74 Å². The summed E-state index contributed by atoms with van der Waals surface area (Å²) in [5.74, 6) is 0.260. The molecular weight excluding hydrogens is 273 g/mol. The molecule has 3 nitrogen and oxygen atoms in total. The van der Waals surface area contributed by atoms with Crippen LogP contribution in [0.3, 0.4) is 0 Å². The molecule has 2 aromatic rings. The van der Waals surface area contributed by atoms with Crippen LogP contribution in [0, 0.1) is 0 Å². The molecule has 1 aromatic carbocycles. The standard InChI is InChI=1S/C13H9Cl2NO2/c1-18-11-3-2-9(14)7-10(11)13(17)8-4-5-16-12(15)6-8/h2-7H,1H3. The number of rotatable bonds is 3. The van der Waals surface area contributed by atoms with Gasteiger partial charge in [-0.2, -0.15) is 0 Å². The van der Waals surface area contributed by atoms with Crippen molar-refractivity contribution < 1.29 is 9.53 Å². The van der Waals surface area contributed by atoms with E-state index in [0.717, 1.165) is 0 Å². The Bertz CT molecular complexity index is 599. The maximum absolute atomic E-state index is 12.3. The first kappa shape index (κ1) is 12.9. The highest BCUT2D eigenvalue weighted by Crippen LogP contribution is 2.25. The lowest BCUT2D eigenvalue weighted by Gasteiger charge is -2.08. The van der Waals surface area contributed by atoms with E-state index >= 15 is 0 Å². The van der Waals surface area contributed by atoms with Crippen LogP contribution in [0.5, 0.6) is 5.75 Å². The first-order valence-electron chi connectivity index (χ1n) is 5.11. The second-order valence-corrected chi connectivity index (χ2v) is 4.36. The number of hydrogen-bond donors (Lipinski definition) is 0. The highest BCUT2D eigenvalue weighted by Gasteiger charge is 2.15. The van der Waals surface area contributed by atoms with E-state index in [0.29, 0.717) is 21.9 Å². The van der Waals surface area contributed by atoms with Crippen LogP contribution >= 0.6 is 23.2 Å². The lowest BCUT2D eigenvalue weighted by Crippen LogP contribution is -2.04. The molecule has 0 spiro atoms. The number of carbonyl (C=O) groups excluding carboxylic acids is 1. The minimum absolute atomic E-state index is 0.210. The molecule has 0 saturated carbocycles. The molecule has 2 rings (SSSR count). The molecule has 0 amide bonds. The fourth-order valence-electron chi connectivity index (χ4n) is 1.56. The number of benzene rings is 1. The summed E-state index contributed by atoms with van der Waals surface area (Å²) in [6, 6.07) is 7.98. The zero-order chi connectivity index (χ0) is 13.1. The van der Waals surface area contributed by atoms with Crippen LogP contribution in [0.1, 0.15) is 15.9 Å². The number of carbonyl (C=O) groups is 1. The summed E-state index contributed by atoms with van der Waals surface area (Å²) in [4.78, 5) is 16.1. The van der Waals surface area contributed by atoms with Gasteiger partial charge in [0.2, 0.25) is 0 Å². The summed E-state index contributed by atoms with van der Waals surface area (Å²) < 4.78 is 5.15. The average molecular weight is 282 g/mol. The van der Waals surface area contributed by atoms with E-state index in [1.807, 2.05) is 0 Å². The van der Waals surface area contributed by atoms with E-state index in [1.165, 1.54) is 19.4 Å². The Balaban J connectivity index is 2.48. The first-order valence-corrected chi connectivity index (χ1v) is 5.87. The zero-order valence-corrected chi connectivity index (χ0v) is 11.0. The number of methoxy groups -OCH3 is 1. The van der Waals surface area contributed by atoms with Crippen molar-refractivity contribution in [1.82, 2.24) is 4.98 Å². The van der Waals surface area contributed by atoms with Gasteiger partial charge in [0.05, 0.1) is 12.7 Å². The van der Waals surface area contributed by atoms with Gasteiger partial charge in [-0.25, -0.2) is 4.98 Å². The Morgan fingerprint density at radius 3 is 2.67 bits per heavy atom. The van der Waals surface area contributed by atoms with Crippen LogP contribution in [0.2, 0.25) is 10.2 Å². The van der Waals surface area contributed by atoms with Crippen molar-refractivity contribution in [3.63, 3.8) is 0 Å². The molecule has 0 saturated heterocycles. The third-order valence-electron chi connectivity index (χ3n) is 2.39. The molecule has 0 aliphatic heterocycles. The second-order valence-electron chi connectivity index (χ2n) is 3.54. The summed E-state index contributed by atoms with van der Waals surface area (Å²) in [5.41, 5.74) is 0.836.